The topological polar surface area (TPSA) is 66.8 Å². The van der Waals surface area contributed by atoms with Crippen molar-refractivity contribution in [2.24, 2.45) is 11.8 Å². The Kier molecular flexibility index (Phi) is 10.5. The Bertz CT molecular complexity index is 296. The van der Waals surface area contributed by atoms with E-state index >= 15 is 0 Å². The van der Waals surface area contributed by atoms with Gasteiger partial charge in [0.05, 0.1) is 12.0 Å². The molecule has 112 valence electrons. The smallest absolute Gasteiger partial charge is 1.00 e. The SMILES string of the molecule is O=C1OC2CCCC1C2.OCC1CCCC(O)C1.[AlH3].[H-].[Li+]. The van der Waals surface area contributed by atoms with E-state index in [0.717, 1.165) is 44.9 Å². The van der Waals surface area contributed by atoms with Crippen LogP contribution < -0.4 is 18.9 Å². The molecule has 0 spiro atoms. The van der Waals surface area contributed by atoms with Crippen molar-refractivity contribution in [3.63, 3.8) is 0 Å². The second-order valence-corrected chi connectivity index (χ2v) is 5.79. The van der Waals surface area contributed by atoms with Crippen LogP contribution in [-0.4, -0.2) is 52.4 Å². The second kappa shape index (κ2) is 10.3. The van der Waals surface area contributed by atoms with Crippen LogP contribution >= 0.6 is 0 Å². The number of aliphatic hydroxyl groups excluding tert-OH is 2. The molecule has 1 saturated heterocycles. The predicted octanol–water partition coefficient (Wildman–Crippen LogP) is -2.44. The maximum absolute atomic E-state index is 10.8. The molecule has 3 fully saturated rings. The molecule has 0 aromatic heterocycles. The predicted molar refractivity (Wildman–Crippen MR) is 77.9 cm³/mol. The summed E-state index contributed by atoms with van der Waals surface area (Å²) in [5.74, 6) is 0.690. The third kappa shape index (κ3) is 6.10. The van der Waals surface area contributed by atoms with Gasteiger partial charge in [-0.15, -0.1) is 0 Å². The number of carbonyl (C=O) groups is 1. The third-order valence-electron chi connectivity index (χ3n) is 4.26. The molecule has 2 saturated carbocycles. The maximum atomic E-state index is 10.8. The molecule has 4 atom stereocenters. The van der Waals surface area contributed by atoms with Crippen LogP contribution in [0.2, 0.25) is 0 Å². The van der Waals surface area contributed by atoms with Crippen LogP contribution in [0.15, 0.2) is 0 Å². The summed E-state index contributed by atoms with van der Waals surface area (Å²) in [5.41, 5.74) is 0. The molecule has 3 rings (SSSR count). The van der Waals surface area contributed by atoms with Crippen LogP contribution in [-0.2, 0) is 9.53 Å². The van der Waals surface area contributed by atoms with Crippen LogP contribution in [0.1, 0.15) is 52.8 Å². The zero-order chi connectivity index (χ0) is 13.0. The largest absolute Gasteiger partial charge is 1.00 e. The van der Waals surface area contributed by atoms with Gasteiger partial charge in [0.15, 0.2) is 17.4 Å². The number of hydrogen-bond acceptors (Lipinski definition) is 4. The number of ether oxygens (including phenoxy) is 1. The van der Waals surface area contributed by atoms with E-state index in [2.05, 4.69) is 0 Å². The summed E-state index contributed by atoms with van der Waals surface area (Å²) in [5, 5.41) is 17.8. The first-order chi connectivity index (χ1) is 8.69. The Morgan fingerprint density at radius 3 is 2.35 bits per heavy atom. The summed E-state index contributed by atoms with van der Waals surface area (Å²) in [7, 11) is 0. The van der Waals surface area contributed by atoms with Gasteiger partial charge in [0, 0.05) is 6.61 Å². The number of rotatable bonds is 1. The molecular weight excluding hydrogens is 266 g/mol. The number of aliphatic hydroxyl groups is 2. The molecule has 4 nitrogen and oxygen atoms in total. The number of hydrogen-bond donors (Lipinski definition) is 2. The molecular formula is C14H28AlLiO4. The van der Waals surface area contributed by atoms with Crippen LogP contribution in [0.3, 0.4) is 0 Å². The van der Waals surface area contributed by atoms with E-state index in [0.29, 0.717) is 5.92 Å². The number of carbonyl (C=O) groups excluding carboxylic acids is 1. The van der Waals surface area contributed by atoms with Gasteiger partial charge in [-0.2, -0.15) is 0 Å². The molecule has 0 aromatic rings. The fourth-order valence-corrected chi connectivity index (χ4v) is 3.16. The van der Waals surface area contributed by atoms with E-state index in [1.165, 1.54) is 6.42 Å². The van der Waals surface area contributed by atoms with Crippen molar-refractivity contribution in [3.05, 3.63) is 0 Å². The fraction of sp³-hybridized carbons (Fsp3) is 0.929. The summed E-state index contributed by atoms with van der Waals surface area (Å²) in [6.45, 7) is 0.247. The maximum Gasteiger partial charge on any atom is 1.00 e. The molecule has 3 aliphatic rings. The van der Waals surface area contributed by atoms with Crippen LogP contribution in [0.5, 0.6) is 0 Å². The van der Waals surface area contributed by atoms with Crippen molar-refractivity contribution >= 4 is 23.3 Å². The monoisotopic (exact) mass is 294 g/mol. The summed E-state index contributed by atoms with van der Waals surface area (Å²) >= 11 is 0. The molecule has 0 aromatic carbocycles. The Balaban J connectivity index is 0. The first-order valence-electron chi connectivity index (χ1n) is 7.18. The minimum atomic E-state index is -0.143. The van der Waals surface area contributed by atoms with Gasteiger partial charge in [-0.1, -0.05) is 6.42 Å². The van der Waals surface area contributed by atoms with Crippen LogP contribution in [0.4, 0.5) is 0 Å². The summed E-state index contributed by atoms with van der Waals surface area (Å²) in [6.07, 6.45) is 8.39. The molecule has 0 amide bonds. The van der Waals surface area contributed by atoms with Gasteiger partial charge >= 0.3 is 24.8 Å². The van der Waals surface area contributed by atoms with E-state index in [4.69, 9.17) is 14.9 Å². The van der Waals surface area contributed by atoms with Gasteiger partial charge in [-0.05, 0) is 50.9 Å². The average Bonchev–Trinajstić information content (AvgIpc) is 2.63. The molecule has 20 heavy (non-hydrogen) atoms. The number of esters is 1. The Hall–Kier alpha value is 0.520. The van der Waals surface area contributed by atoms with Gasteiger partial charge < -0.3 is 16.4 Å². The molecule has 1 heterocycles. The van der Waals surface area contributed by atoms with Crippen molar-refractivity contribution in [2.45, 2.75) is 63.6 Å². The summed E-state index contributed by atoms with van der Waals surface area (Å²) in [6, 6.07) is 0. The standard InChI is InChI=1S/C7H10O2.C7H14O2.Al.Li.4H/c8-7-5-2-1-3-6(4-5)9-7;8-5-6-2-1-3-7(9)4-6;;;;;;/h5-6H,1-4H2;6-9H,1-5H2;;;;;;/q;;;+1;;;;-1. The molecule has 1 aliphatic heterocycles. The number of fused-ring (bicyclic) bond motifs is 2. The normalized spacial score (nSPS) is 34.8. The van der Waals surface area contributed by atoms with Gasteiger partial charge in [0.2, 0.25) is 0 Å². The van der Waals surface area contributed by atoms with E-state index in [9.17, 15) is 4.79 Å². The Morgan fingerprint density at radius 2 is 1.85 bits per heavy atom. The van der Waals surface area contributed by atoms with Gasteiger partial charge in [-0.25, -0.2) is 0 Å². The van der Waals surface area contributed by atoms with Crippen LogP contribution in [0, 0.1) is 11.8 Å². The summed E-state index contributed by atoms with van der Waals surface area (Å²) < 4.78 is 5.05. The molecule has 2 N–H and O–H groups in total. The second-order valence-electron chi connectivity index (χ2n) is 5.79. The van der Waals surface area contributed by atoms with Gasteiger partial charge in [-0.3, -0.25) is 4.79 Å². The third-order valence-corrected chi connectivity index (χ3v) is 4.26. The zero-order valence-electron chi connectivity index (χ0n) is 12.9. The van der Waals surface area contributed by atoms with Crippen molar-refractivity contribution in [1.82, 2.24) is 0 Å². The van der Waals surface area contributed by atoms with Crippen molar-refractivity contribution in [3.8, 4) is 0 Å². The zero-order valence-corrected chi connectivity index (χ0v) is 11.9. The van der Waals surface area contributed by atoms with E-state index < -0.39 is 0 Å². The molecule has 6 heteroatoms. The van der Waals surface area contributed by atoms with Crippen molar-refractivity contribution in [1.29, 1.82) is 0 Å². The average molecular weight is 294 g/mol. The van der Waals surface area contributed by atoms with Crippen LogP contribution in [0.25, 0.3) is 0 Å². The first kappa shape index (κ1) is 20.5. The molecule has 2 bridgehead atoms. The Labute approximate surface area is 145 Å². The van der Waals surface area contributed by atoms with Crippen molar-refractivity contribution in [2.75, 3.05) is 6.61 Å². The molecule has 4 unspecified atom stereocenters. The van der Waals surface area contributed by atoms with Gasteiger partial charge in [0.25, 0.3) is 0 Å². The molecule has 2 aliphatic carbocycles. The summed E-state index contributed by atoms with van der Waals surface area (Å²) in [4.78, 5) is 10.8. The van der Waals surface area contributed by atoms with Gasteiger partial charge in [0.1, 0.15) is 6.10 Å². The quantitative estimate of drug-likeness (QED) is 0.417. The van der Waals surface area contributed by atoms with E-state index in [1.807, 2.05) is 0 Å². The Morgan fingerprint density at radius 1 is 1.15 bits per heavy atom. The van der Waals surface area contributed by atoms with E-state index in [-0.39, 0.29) is 68.4 Å². The molecule has 0 radical (unpaired) electrons. The minimum absolute atomic E-state index is 0. The van der Waals surface area contributed by atoms with E-state index in [1.54, 1.807) is 0 Å². The minimum Gasteiger partial charge on any atom is -1.00 e. The first-order valence-corrected chi connectivity index (χ1v) is 7.18. The fourth-order valence-electron chi connectivity index (χ4n) is 3.16. The van der Waals surface area contributed by atoms with Crippen molar-refractivity contribution < 1.29 is 40.0 Å².